The van der Waals surface area contributed by atoms with Gasteiger partial charge < -0.3 is 10.0 Å². The number of benzene rings is 1. The molecule has 3 nitrogen and oxygen atoms in total. The minimum absolute atomic E-state index is 0.0674. The van der Waals surface area contributed by atoms with Crippen LogP contribution in [0.5, 0.6) is 0 Å². The molecule has 0 saturated heterocycles. The first kappa shape index (κ1) is 14.3. The van der Waals surface area contributed by atoms with Crippen LogP contribution in [0.1, 0.15) is 44.6 Å². The predicted octanol–water partition coefficient (Wildman–Crippen LogP) is 3.04. The van der Waals surface area contributed by atoms with Gasteiger partial charge in [0.25, 0.3) is 5.91 Å². The Morgan fingerprint density at radius 2 is 1.95 bits per heavy atom. The molecule has 2 unspecified atom stereocenters. The maximum atomic E-state index is 12.5. The third-order valence-corrected chi connectivity index (χ3v) is 4.75. The zero-order chi connectivity index (χ0) is 14.8. The fraction of sp³-hybridized carbons (Fsp3) is 0.500. The van der Waals surface area contributed by atoms with Crippen LogP contribution in [0.3, 0.4) is 0 Å². The summed E-state index contributed by atoms with van der Waals surface area (Å²) in [5, 5.41) is 10.5. The molecule has 1 aliphatic heterocycles. The Bertz CT molecular complexity index is 550. The van der Waals surface area contributed by atoms with Gasteiger partial charge >= 0.3 is 0 Å². The predicted molar refractivity (Wildman–Crippen MR) is 82.6 cm³/mol. The standard InChI is InChI=1S/C18H23NO2/c1-13(11-12-14-7-3-2-4-8-14)19-17(20)15-9-5-6-10-16(15)18(19)21/h2-4,7-8,13,17,20H,5-6,9-12H2,1H3. The normalized spacial score (nSPS) is 23.4. The van der Waals surface area contributed by atoms with Crippen molar-refractivity contribution in [2.24, 2.45) is 0 Å². The fourth-order valence-electron chi connectivity index (χ4n) is 3.49. The molecule has 0 bridgehead atoms. The van der Waals surface area contributed by atoms with Crippen molar-refractivity contribution in [3.63, 3.8) is 0 Å². The second-order valence-corrected chi connectivity index (χ2v) is 6.17. The van der Waals surface area contributed by atoms with Gasteiger partial charge in [0.15, 0.2) is 6.23 Å². The Kier molecular flexibility index (Phi) is 4.11. The number of amides is 1. The van der Waals surface area contributed by atoms with Gasteiger partial charge in [-0.2, -0.15) is 0 Å². The van der Waals surface area contributed by atoms with E-state index in [0.717, 1.165) is 49.7 Å². The molecule has 1 N–H and O–H groups in total. The highest BCUT2D eigenvalue weighted by Gasteiger charge is 2.40. The molecule has 1 heterocycles. The van der Waals surface area contributed by atoms with Crippen LogP contribution >= 0.6 is 0 Å². The maximum absolute atomic E-state index is 12.5. The van der Waals surface area contributed by atoms with Crippen molar-refractivity contribution in [3.8, 4) is 0 Å². The van der Waals surface area contributed by atoms with Crippen LogP contribution in [-0.4, -0.2) is 28.2 Å². The molecule has 0 radical (unpaired) electrons. The minimum Gasteiger partial charge on any atom is -0.369 e. The largest absolute Gasteiger partial charge is 0.369 e. The van der Waals surface area contributed by atoms with Crippen LogP contribution in [0.15, 0.2) is 41.5 Å². The molecule has 21 heavy (non-hydrogen) atoms. The van der Waals surface area contributed by atoms with E-state index in [4.69, 9.17) is 0 Å². The van der Waals surface area contributed by atoms with Gasteiger partial charge in [0.05, 0.1) is 0 Å². The number of nitrogens with zero attached hydrogens (tertiary/aromatic N) is 1. The molecule has 2 aliphatic rings. The third-order valence-electron chi connectivity index (χ3n) is 4.75. The van der Waals surface area contributed by atoms with E-state index < -0.39 is 6.23 Å². The smallest absolute Gasteiger partial charge is 0.252 e. The van der Waals surface area contributed by atoms with Gasteiger partial charge in [0, 0.05) is 11.6 Å². The van der Waals surface area contributed by atoms with E-state index in [0.29, 0.717) is 0 Å². The number of aliphatic hydroxyl groups is 1. The second-order valence-electron chi connectivity index (χ2n) is 6.17. The van der Waals surface area contributed by atoms with Crippen molar-refractivity contribution in [3.05, 3.63) is 47.0 Å². The zero-order valence-corrected chi connectivity index (χ0v) is 12.6. The molecule has 1 aromatic carbocycles. The molecule has 0 spiro atoms. The summed E-state index contributed by atoms with van der Waals surface area (Å²) < 4.78 is 0. The average Bonchev–Trinajstić information content (AvgIpc) is 2.78. The molecule has 3 rings (SSSR count). The van der Waals surface area contributed by atoms with Gasteiger partial charge in [-0.05, 0) is 56.6 Å². The van der Waals surface area contributed by atoms with Crippen LogP contribution in [0.4, 0.5) is 0 Å². The number of rotatable bonds is 4. The highest BCUT2D eigenvalue weighted by Crippen LogP contribution is 2.36. The molecule has 0 aromatic heterocycles. The van der Waals surface area contributed by atoms with Crippen molar-refractivity contribution >= 4 is 5.91 Å². The lowest BCUT2D eigenvalue weighted by molar-refractivity contribution is -0.135. The lowest BCUT2D eigenvalue weighted by atomic mass is 9.93. The first-order valence-electron chi connectivity index (χ1n) is 7.95. The van der Waals surface area contributed by atoms with Crippen LogP contribution in [-0.2, 0) is 11.2 Å². The SMILES string of the molecule is CC(CCc1ccccc1)N1C(=O)C2=C(CCCC2)C1O. The monoisotopic (exact) mass is 285 g/mol. The summed E-state index contributed by atoms with van der Waals surface area (Å²) in [6, 6.07) is 10.4. The molecular weight excluding hydrogens is 262 g/mol. The molecule has 1 aliphatic carbocycles. The number of aryl methyl sites for hydroxylation is 1. The van der Waals surface area contributed by atoms with Crippen molar-refractivity contribution in [1.29, 1.82) is 0 Å². The van der Waals surface area contributed by atoms with E-state index in [9.17, 15) is 9.90 Å². The first-order chi connectivity index (χ1) is 10.2. The lowest BCUT2D eigenvalue weighted by Gasteiger charge is -2.29. The Labute approximate surface area is 126 Å². The highest BCUT2D eigenvalue weighted by molar-refractivity contribution is 5.97. The van der Waals surface area contributed by atoms with Crippen LogP contribution in [0.2, 0.25) is 0 Å². The van der Waals surface area contributed by atoms with Gasteiger partial charge in [-0.15, -0.1) is 0 Å². The number of carbonyl (C=O) groups excluding carboxylic acids is 1. The van der Waals surface area contributed by atoms with E-state index in [1.54, 1.807) is 4.90 Å². The molecule has 3 heteroatoms. The molecule has 1 amide bonds. The number of hydrogen-bond donors (Lipinski definition) is 1. The van der Waals surface area contributed by atoms with E-state index in [1.165, 1.54) is 5.56 Å². The number of aliphatic hydroxyl groups excluding tert-OH is 1. The van der Waals surface area contributed by atoms with E-state index >= 15 is 0 Å². The summed E-state index contributed by atoms with van der Waals surface area (Å²) in [6.45, 7) is 2.04. The Morgan fingerprint density at radius 1 is 1.24 bits per heavy atom. The van der Waals surface area contributed by atoms with Crippen LogP contribution in [0.25, 0.3) is 0 Å². The summed E-state index contributed by atoms with van der Waals surface area (Å²) in [7, 11) is 0. The summed E-state index contributed by atoms with van der Waals surface area (Å²) in [5.74, 6) is 0.0674. The molecule has 1 aromatic rings. The Morgan fingerprint density at radius 3 is 2.67 bits per heavy atom. The fourth-order valence-corrected chi connectivity index (χ4v) is 3.49. The summed E-state index contributed by atoms with van der Waals surface area (Å²) >= 11 is 0. The van der Waals surface area contributed by atoms with Gasteiger partial charge in [0.2, 0.25) is 0 Å². The Balaban J connectivity index is 1.66. The third kappa shape index (κ3) is 2.75. The van der Waals surface area contributed by atoms with Crippen molar-refractivity contribution < 1.29 is 9.90 Å². The molecule has 0 fully saturated rings. The number of carbonyl (C=O) groups is 1. The highest BCUT2D eigenvalue weighted by atomic mass is 16.3. The van der Waals surface area contributed by atoms with Crippen molar-refractivity contribution in [1.82, 2.24) is 4.90 Å². The lowest BCUT2D eigenvalue weighted by Crippen LogP contribution is -2.42. The quantitative estimate of drug-likeness (QED) is 0.923. The van der Waals surface area contributed by atoms with E-state index in [2.05, 4.69) is 12.1 Å². The average molecular weight is 285 g/mol. The van der Waals surface area contributed by atoms with E-state index in [-0.39, 0.29) is 11.9 Å². The summed E-state index contributed by atoms with van der Waals surface area (Å²) in [4.78, 5) is 14.2. The molecule has 2 atom stereocenters. The van der Waals surface area contributed by atoms with Gasteiger partial charge in [-0.25, -0.2) is 0 Å². The van der Waals surface area contributed by atoms with Gasteiger partial charge in [-0.3, -0.25) is 4.79 Å². The summed E-state index contributed by atoms with van der Waals surface area (Å²) in [5.41, 5.74) is 3.15. The number of hydrogen-bond acceptors (Lipinski definition) is 2. The first-order valence-corrected chi connectivity index (χ1v) is 7.95. The molecular formula is C18H23NO2. The topological polar surface area (TPSA) is 40.5 Å². The van der Waals surface area contributed by atoms with Crippen molar-refractivity contribution in [2.75, 3.05) is 0 Å². The summed E-state index contributed by atoms with van der Waals surface area (Å²) in [6.07, 6.45) is 5.02. The van der Waals surface area contributed by atoms with Crippen LogP contribution in [0, 0.1) is 0 Å². The zero-order valence-electron chi connectivity index (χ0n) is 12.6. The maximum Gasteiger partial charge on any atom is 0.252 e. The van der Waals surface area contributed by atoms with Crippen molar-refractivity contribution in [2.45, 2.75) is 57.7 Å². The second kappa shape index (κ2) is 6.02. The minimum atomic E-state index is -0.682. The van der Waals surface area contributed by atoms with Gasteiger partial charge in [-0.1, -0.05) is 30.3 Å². The van der Waals surface area contributed by atoms with Gasteiger partial charge in [0.1, 0.15) is 0 Å². The molecule has 0 saturated carbocycles. The molecule has 112 valence electrons. The van der Waals surface area contributed by atoms with E-state index in [1.807, 2.05) is 25.1 Å². The van der Waals surface area contributed by atoms with Crippen LogP contribution < -0.4 is 0 Å². The Hall–Kier alpha value is -1.61.